The maximum absolute atomic E-state index is 12.3. The van der Waals surface area contributed by atoms with Crippen molar-refractivity contribution in [1.29, 1.82) is 0 Å². The quantitative estimate of drug-likeness (QED) is 0.539. The molecule has 0 bridgehead atoms. The Balaban J connectivity index is 2.88. The molecule has 2 heterocycles. The van der Waals surface area contributed by atoms with Crippen LogP contribution in [0.2, 0.25) is 0 Å². The zero-order valence-electron chi connectivity index (χ0n) is 5.03. The second kappa shape index (κ2) is 1.76. The summed E-state index contributed by atoms with van der Waals surface area (Å²) in [7, 11) is 0. The van der Waals surface area contributed by atoms with Crippen LogP contribution in [0.5, 0.6) is 0 Å². The highest BCUT2D eigenvalue weighted by Gasteiger charge is 1.96. The Morgan fingerprint density at radius 1 is 1.50 bits per heavy atom. The fourth-order valence-corrected chi connectivity index (χ4v) is 0.802. The number of fused-ring (bicyclic) bond motifs is 1. The fourth-order valence-electron chi connectivity index (χ4n) is 0.802. The van der Waals surface area contributed by atoms with Crippen LogP contribution >= 0.6 is 0 Å². The predicted molar refractivity (Wildman–Crippen MR) is 32.9 cm³/mol. The number of imidazole rings is 1. The Morgan fingerprint density at radius 3 is 3.20 bits per heavy atom. The van der Waals surface area contributed by atoms with Gasteiger partial charge < -0.3 is 0 Å². The Labute approximate surface area is 56.1 Å². The third-order valence-electron chi connectivity index (χ3n) is 1.21. The summed E-state index contributed by atoms with van der Waals surface area (Å²) >= 11 is 0. The Hall–Kier alpha value is -1.45. The minimum absolute atomic E-state index is 0.501. The van der Waals surface area contributed by atoms with Gasteiger partial charge in [0.05, 0.1) is 6.20 Å². The Morgan fingerprint density at radius 2 is 2.40 bits per heavy atom. The zero-order valence-corrected chi connectivity index (χ0v) is 5.03. The molecule has 2 aromatic rings. The van der Waals surface area contributed by atoms with Gasteiger partial charge in [-0.15, -0.1) is 0 Å². The van der Waals surface area contributed by atoms with Gasteiger partial charge in [0.25, 0.3) is 0 Å². The van der Waals surface area contributed by atoms with Crippen LogP contribution < -0.4 is 0 Å². The molecular weight excluding hydrogens is 133 g/mol. The largest absolute Gasteiger partial charge is 0.233 e. The first-order chi connectivity index (χ1) is 4.86. The van der Waals surface area contributed by atoms with E-state index in [1.54, 1.807) is 18.3 Å². The second-order valence-corrected chi connectivity index (χ2v) is 1.89. The number of aromatic nitrogens is 3. The molecule has 2 aromatic heterocycles. The minimum Gasteiger partial charge on any atom is -0.218 e. The molecule has 0 aliphatic carbocycles. The van der Waals surface area contributed by atoms with Crippen molar-refractivity contribution in [2.75, 3.05) is 0 Å². The average Bonchev–Trinajstić information content (AvgIpc) is 2.27. The first-order valence-corrected chi connectivity index (χ1v) is 2.82. The van der Waals surface area contributed by atoms with Crippen LogP contribution in [0, 0.1) is 5.95 Å². The summed E-state index contributed by atoms with van der Waals surface area (Å²) in [4.78, 5) is 3.55. The summed E-state index contributed by atoms with van der Waals surface area (Å²) in [6.07, 6.45) is 2.81. The minimum atomic E-state index is -0.501. The van der Waals surface area contributed by atoms with Gasteiger partial charge in [0.1, 0.15) is 0 Å². The molecule has 0 unspecified atom stereocenters. The van der Waals surface area contributed by atoms with Gasteiger partial charge in [-0.05, 0) is 12.1 Å². The monoisotopic (exact) mass is 137 g/mol. The number of hydrogen-bond donors (Lipinski definition) is 0. The van der Waals surface area contributed by atoms with Gasteiger partial charge >= 0.3 is 0 Å². The van der Waals surface area contributed by atoms with E-state index in [1.807, 2.05) is 0 Å². The lowest BCUT2D eigenvalue weighted by atomic mass is 10.6. The number of nitrogens with zero attached hydrogens (tertiary/aromatic N) is 3. The highest BCUT2D eigenvalue weighted by Crippen LogP contribution is 1.98. The molecule has 0 atom stereocenters. The number of rotatable bonds is 0. The first kappa shape index (κ1) is 5.34. The molecule has 0 aliphatic heterocycles. The second-order valence-electron chi connectivity index (χ2n) is 1.89. The van der Waals surface area contributed by atoms with E-state index < -0.39 is 5.95 Å². The molecule has 0 spiro atoms. The Kier molecular flexibility index (Phi) is 0.943. The average molecular weight is 137 g/mol. The summed E-state index contributed by atoms with van der Waals surface area (Å²) in [5.41, 5.74) is 0.528. The molecule has 3 nitrogen and oxygen atoms in total. The van der Waals surface area contributed by atoms with Gasteiger partial charge in [-0.2, -0.15) is 14.5 Å². The summed E-state index contributed by atoms with van der Waals surface area (Å²) in [6, 6.07) is 3.40. The maximum atomic E-state index is 12.3. The van der Waals surface area contributed by atoms with Crippen LogP contribution in [0.3, 0.4) is 0 Å². The van der Waals surface area contributed by atoms with Crippen LogP contribution in [0.1, 0.15) is 0 Å². The molecular formula is C6H4FN3. The molecule has 0 N–H and O–H groups in total. The first-order valence-electron chi connectivity index (χ1n) is 2.82. The van der Waals surface area contributed by atoms with Crippen molar-refractivity contribution in [3.8, 4) is 0 Å². The van der Waals surface area contributed by atoms with Crippen molar-refractivity contribution in [3.63, 3.8) is 0 Å². The normalized spacial score (nSPS) is 10.5. The van der Waals surface area contributed by atoms with Crippen LogP contribution in [-0.2, 0) is 0 Å². The standard InChI is InChI=1S/C6H4FN3/c7-5-4-10-6(9-5)2-1-3-8-10/h1-4H. The number of hydrogen-bond acceptors (Lipinski definition) is 2. The molecule has 0 fully saturated rings. The summed E-state index contributed by atoms with van der Waals surface area (Å²) < 4.78 is 13.7. The summed E-state index contributed by atoms with van der Waals surface area (Å²) in [5.74, 6) is -0.501. The van der Waals surface area contributed by atoms with E-state index in [2.05, 4.69) is 10.1 Å². The smallest absolute Gasteiger partial charge is 0.218 e. The fraction of sp³-hybridized carbons (Fsp3) is 0. The van der Waals surface area contributed by atoms with Crippen molar-refractivity contribution in [3.05, 3.63) is 30.5 Å². The van der Waals surface area contributed by atoms with Crippen LogP contribution in [0.25, 0.3) is 5.65 Å². The van der Waals surface area contributed by atoms with Gasteiger partial charge in [0.2, 0.25) is 5.95 Å². The molecule has 0 radical (unpaired) electrons. The summed E-state index contributed by atoms with van der Waals surface area (Å²) in [5, 5.41) is 3.82. The van der Waals surface area contributed by atoms with Crippen molar-refractivity contribution in [2.45, 2.75) is 0 Å². The zero-order chi connectivity index (χ0) is 6.97. The van der Waals surface area contributed by atoms with Crippen molar-refractivity contribution < 1.29 is 4.39 Å². The lowest BCUT2D eigenvalue weighted by Crippen LogP contribution is -1.85. The molecule has 0 aromatic carbocycles. The van der Waals surface area contributed by atoms with Gasteiger partial charge in [-0.25, -0.2) is 4.52 Å². The van der Waals surface area contributed by atoms with Gasteiger partial charge in [-0.1, -0.05) is 0 Å². The molecule has 0 amide bonds. The van der Waals surface area contributed by atoms with Gasteiger partial charge in [0, 0.05) is 6.20 Å². The van der Waals surface area contributed by atoms with Crippen molar-refractivity contribution in [2.24, 2.45) is 0 Å². The third-order valence-corrected chi connectivity index (χ3v) is 1.21. The molecule has 50 valence electrons. The van der Waals surface area contributed by atoms with E-state index in [0.717, 1.165) is 0 Å². The molecule has 2 rings (SSSR count). The third kappa shape index (κ3) is 0.655. The van der Waals surface area contributed by atoms with E-state index in [-0.39, 0.29) is 0 Å². The topological polar surface area (TPSA) is 30.2 Å². The van der Waals surface area contributed by atoms with Crippen LogP contribution in [0.4, 0.5) is 4.39 Å². The number of halogens is 1. The molecule has 10 heavy (non-hydrogen) atoms. The van der Waals surface area contributed by atoms with Gasteiger partial charge in [0.15, 0.2) is 5.65 Å². The van der Waals surface area contributed by atoms with Crippen molar-refractivity contribution >= 4 is 5.65 Å². The van der Waals surface area contributed by atoms with E-state index >= 15 is 0 Å². The van der Waals surface area contributed by atoms with E-state index in [4.69, 9.17) is 0 Å². The van der Waals surface area contributed by atoms with Crippen molar-refractivity contribution in [1.82, 2.24) is 14.6 Å². The molecule has 0 saturated carbocycles. The molecule has 4 heteroatoms. The summed E-state index contributed by atoms with van der Waals surface area (Å²) in [6.45, 7) is 0. The highest BCUT2D eigenvalue weighted by molar-refractivity contribution is 5.34. The SMILES string of the molecule is Fc1cn2ncccc2n1. The van der Waals surface area contributed by atoms with Crippen LogP contribution in [0.15, 0.2) is 24.5 Å². The molecule has 0 aliphatic rings. The lowest BCUT2D eigenvalue weighted by Gasteiger charge is -1.84. The van der Waals surface area contributed by atoms with E-state index in [9.17, 15) is 4.39 Å². The maximum Gasteiger partial charge on any atom is 0.233 e. The van der Waals surface area contributed by atoms with E-state index in [0.29, 0.717) is 5.65 Å². The van der Waals surface area contributed by atoms with Crippen LogP contribution in [-0.4, -0.2) is 14.6 Å². The van der Waals surface area contributed by atoms with E-state index in [1.165, 1.54) is 10.7 Å². The lowest BCUT2D eigenvalue weighted by molar-refractivity contribution is 0.591. The predicted octanol–water partition coefficient (Wildman–Crippen LogP) is 0.868. The Bertz CT molecular complexity index is 322. The molecule has 0 saturated heterocycles. The highest BCUT2D eigenvalue weighted by atomic mass is 19.1. The van der Waals surface area contributed by atoms with Gasteiger partial charge in [-0.3, -0.25) is 0 Å².